The van der Waals surface area contributed by atoms with E-state index in [-0.39, 0.29) is 16.7 Å². The van der Waals surface area contributed by atoms with Crippen LogP contribution in [0, 0.1) is 5.82 Å². The molecular weight excluding hydrogens is 421 g/mol. The number of halogens is 2. The number of benzene rings is 2. The van der Waals surface area contributed by atoms with E-state index >= 15 is 0 Å². The van der Waals surface area contributed by atoms with Gasteiger partial charge >= 0.3 is 0 Å². The molecule has 5 nitrogen and oxygen atoms in total. The Kier molecular flexibility index (Phi) is 5.08. The summed E-state index contributed by atoms with van der Waals surface area (Å²) < 4.78 is 19.5. The number of rotatable bonds is 3. The second-order valence-corrected chi connectivity index (χ2v) is 7.59. The van der Waals surface area contributed by atoms with Crippen LogP contribution in [0.4, 0.5) is 9.52 Å². The highest BCUT2D eigenvalue weighted by atomic mass is 35.5. The van der Waals surface area contributed by atoms with E-state index in [1.54, 1.807) is 36.4 Å². The van der Waals surface area contributed by atoms with Crippen LogP contribution in [-0.2, 0) is 0 Å². The summed E-state index contributed by atoms with van der Waals surface area (Å²) in [4.78, 5) is 16.6. The Labute approximate surface area is 173 Å². The Bertz CT molecular complexity index is 1200. The van der Waals surface area contributed by atoms with Crippen molar-refractivity contribution in [2.45, 2.75) is 0 Å². The van der Waals surface area contributed by atoms with Crippen molar-refractivity contribution in [1.82, 2.24) is 10.3 Å². The van der Waals surface area contributed by atoms with Crippen molar-refractivity contribution in [1.29, 1.82) is 0 Å². The van der Waals surface area contributed by atoms with Crippen molar-refractivity contribution in [3.63, 3.8) is 0 Å². The Morgan fingerprint density at radius 2 is 2.04 bits per heavy atom. The van der Waals surface area contributed by atoms with Gasteiger partial charge in [-0.25, -0.2) is 9.37 Å². The normalized spacial score (nSPS) is 10.8. The van der Waals surface area contributed by atoms with Crippen molar-refractivity contribution in [2.75, 3.05) is 5.32 Å². The Morgan fingerprint density at radius 3 is 2.86 bits per heavy atom. The molecule has 0 aliphatic carbocycles. The Morgan fingerprint density at radius 1 is 1.18 bits per heavy atom. The molecule has 0 radical (unpaired) electrons. The fraction of sp³-hybridized carbons (Fsp3) is 0. The van der Waals surface area contributed by atoms with E-state index in [9.17, 15) is 9.18 Å². The van der Waals surface area contributed by atoms with Crippen LogP contribution in [0.2, 0.25) is 5.02 Å². The fourth-order valence-electron chi connectivity index (χ4n) is 2.50. The lowest BCUT2D eigenvalue weighted by molar-refractivity contribution is 0.0951. The Balaban J connectivity index is 1.43. The van der Waals surface area contributed by atoms with Crippen LogP contribution in [0.5, 0.6) is 0 Å². The molecule has 2 N–H and O–H groups in total. The number of nitrogens with zero attached hydrogens (tertiary/aromatic N) is 1. The molecule has 0 saturated carbocycles. The van der Waals surface area contributed by atoms with Crippen LogP contribution in [0.3, 0.4) is 0 Å². The quantitative estimate of drug-likeness (QED) is 0.421. The molecule has 0 aliphatic heterocycles. The summed E-state index contributed by atoms with van der Waals surface area (Å²) >= 11 is 12.4. The number of nitrogens with one attached hydrogen (secondary N) is 2. The van der Waals surface area contributed by atoms with E-state index in [1.807, 2.05) is 6.07 Å². The third kappa shape index (κ3) is 4.04. The molecule has 2 aromatic heterocycles. The summed E-state index contributed by atoms with van der Waals surface area (Å²) in [6.07, 6.45) is 0. The van der Waals surface area contributed by atoms with Gasteiger partial charge in [0, 0.05) is 10.6 Å². The number of carbonyl (C=O) groups is 1. The highest BCUT2D eigenvalue weighted by Crippen LogP contribution is 2.27. The molecule has 4 aromatic rings. The number of fused-ring (bicyclic) bond motifs is 1. The first-order chi connectivity index (χ1) is 13.5. The molecule has 28 heavy (non-hydrogen) atoms. The van der Waals surface area contributed by atoms with Crippen molar-refractivity contribution in [3.8, 4) is 11.3 Å². The minimum Gasteiger partial charge on any atom is -0.451 e. The third-order valence-corrected chi connectivity index (χ3v) is 5.11. The first kappa shape index (κ1) is 18.5. The summed E-state index contributed by atoms with van der Waals surface area (Å²) in [5, 5.41) is 6.43. The van der Waals surface area contributed by atoms with Crippen LogP contribution in [0.1, 0.15) is 10.6 Å². The molecule has 0 aliphatic rings. The number of furan rings is 1. The minimum absolute atomic E-state index is 0.0604. The monoisotopic (exact) mass is 431 g/mol. The molecule has 9 heteroatoms. The number of anilines is 1. The van der Waals surface area contributed by atoms with Crippen LogP contribution in [0.15, 0.2) is 59.0 Å². The first-order valence-electron chi connectivity index (χ1n) is 8.02. The van der Waals surface area contributed by atoms with E-state index in [0.717, 1.165) is 5.56 Å². The SMILES string of the molecule is O=C(NC(=S)Nc1nc2ccc(F)cc2s1)c1ccc(-c2cccc(Cl)c2)o1. The summed E-state index contributed by atoms with van der Waals surface area (Å²) in [5.74, 6) is -0.227. The first-order valence-corrected chi connectivity index (χ1v) is 9.62. The minimum atomic E-state index is -0.502. The zero-order valence-corrected chi connectivity index (χ0v) is 16.4. The molecule has 1 amide bonds. The highest BCUT2D eigenvalue weighted by Gasteiger charge is 2.15. The lowest BCUT2D eigenvalue weighted by Gasteiger charge is -2.05. The zero-order valence-electron chi connectivity index (χ0n) is 14.0. The van der Waals surface area contributed by atoms with Crippen LogP contribution < -0.4 is 10.6 Å². The molecular formula is C19H11ClFN3O2S2. The fourth-order valence-corrected chi connectivity index (χ4v) is 3.84. The van der Waals surface area contributed by atoms with E-state index in [2.05, 4.69) is 15.6 Å². The molecule has 0 fully saturated rings. The largest absolute Gasteiger partial charge is 0.451 e. The molecule has 2 aromatic carbocycles. The molecule has 0 spiro atoms. The smallest absolute Gasteiger partial charge is 0.293 e. The lowest BCUT2D eigenvalue weighted by Crippen LogP contribution is -2.33. The summed E-state index contributed by atoms with van der Waals surface area (Å²) in [7, 11) is 0. The van der Waals surface area contributed by atoms with Gasteiger partial charge in [0.25, 0.3) is 5.91 Å². The van der Waals surface area contributed by atoms with E-state index in [4.69, 9.17) is 28.2 Å². The molecule has 0 bridgehead atoms. The average Bonchev–Trinajstić information content (AvgIpc) is 3.28. The maximum atomic E-state index is 13.3. The van der Waals surface area contributed by atoms with Gasteiger partial charge < -0.3 is 9.73 Å². The van der Waals surface area contributed by atoms with Gasteiger partial charge in [-0.3, -0.25) is 10.1 Å². The molecule has 0 saturated heterocycles. The van der Waals surface area contributed by atoms with Crippen LogP contribution in [0.25, 0.3) is 21.5 Å². The zero-order chi connectivity index (χ0) is 19.7. The number of hydrogen-bond donors (Lipinski definition) is 2. The van der Waals surface area contributed by atoms with E-state index in [1.165, 1.54) is 23.5 Å². The molecule has 140 valence electrons. The topological polar surface area (TPSA) is 67.2 Å². The molecule has 4 rings (SSSR count). The van der Waals surface area contributed by atoms with Crippen molar-refractivity contribution in [2.24, 2.45) is 0 Å². The number of aromatic nitrogens is 1. The number of amides is 1. The van der Waals surface area contributed by atoms with Gasteiger partial charge in [-0.15, -0.1) is 0 Å². The van der Waals surface area contributed by atoms with Crippen molar-refractivity contribution >= 4 is 61.5 Å². The standard InChI is InChI=1S/C19H11ClFN3O2S2/c20-11-3-1-2-10(8-11)14-6-7-15(26-14)17(25)23-18(27)24-19-22-13-5-4-12(21)9-16(13)28-19/h1-9H,(H2,22,23,24,25,27). The van der Waals surface area contributed by atoms with E-state index < -0.39 is 5.91 Å². The van der Waals surface area contributed by atoms with Gasteiger partial charge in [-0.05, 0) is 54.7 Å². The number of thiocarbonyl (C=S) groups is 1. The van der Waals surface area contributed by atoms with Crippen molar-refractivity contribution < 1.29 is 13.6 Å². The van der Waals surface area contributed by atoms with Crippen LogP contribution in [-0.4, -0.2) is 16.0 Å². The third-order valence-electron chi connectivity index (χ3n) is 3.74. The van der Waals surface area contributed by atoms with Crippen molar-refractivity contribution in [3.05, 3.63) is 71.2 Å². The van der Waals surface area contributed by atoms with E-state index in [0.29, 0.717) is 26.1 Å². The summed E-state index contributed by atoms with van der Waals surface area (Å²) in [6, 6.07) is 14.6. The second kappa shape index (κ2) is 7.67. The number of carbonyl (C=O) groups excluding carboxylic acids is 1. The predicted molar refractivity (Wildman–Crippen MR) is 112 cm³/mol. The highest BCUT2D eigenvalue weighted by molar-refractivity contribution is 7.80. The molecule has 0 unspecified atom stereocenters. The van der Waals surface area contributed by atoms with Crippen LogP contribution >= 0.6 is 35.2 Å². The lowest BCUT2D eigenvalue weighted by atomic mass is 10.2. The molecule has 2 heterocycles. The number of thiazole rings is 1. The molecule has 0 atom stereocenters. The summed E-state index contributed by atoms with van der Waals surface area (Å²) in [5.41, 5.74) is 1.40. The Hall–Kier alpha value is -2.81. The van der Waals surface area contributed by atoms with Gasteiger partial charge in [0.15, 0.2) is 16.0 Å². The van der Waals surface area contributed by atoms with Gasteiger partial charge in [0.05, 0.1) is 10.2 Å². The summed E-state index contributed by atoms with van der Waals surface area (Å²) in [6.45, 7) is 0. The maximum absolute atomic E-state index is 13.3. The average molecular weight is 432 g/mol. The van der Waals surface area contributed by atoms with Gasteiger partial charge in [-0.1, -0.05) is 35.1 Å². The van der Waals surface area contributed by atoms with Gasteiger partial charge in [0.1, 0.15) is 11.6 Å². The maximum Gasteiger partial charge on any atom is 0.293 e. The predicted octanol–water partition coefficient (Wildman–Crippen LogP) is 5.48. The second-order valence-electron chi connectivity index (χ2n) is 5.71. The van der Waals surface area contributed by atoms with Gasteiger partial charge in [0.2, 0.25) is 0 Å². The van der Waals surface area contributed by atoms with Gasteiger partial charge in [-0.2, -0.15) is 0 Å². The number of hydrogen-bond acceptors (Lipinski definition) is 5.